The van der Waals surface area contributed by atoms with Crippen LogP contribution in [0.15, 0.2) is 24.3 Å². The molecule has 0 radical (unpaired) electrons. The Kier molecular flexibility index (Phi) is 6.42. The van der Waals surface area contributed by atoms with Gasteiger partial charge in [-0.1, -0.05) is 18.2 Å². The van der Waals surface area contributed by atoms with E-state index in [0.717, 1.165) is 17.9 Å². The molecule has 0 aliphatic carbocycles. The number of likely N-dealkylation sites (tertiary alicyclic amines) is 1. The van der Waals surface area contributed by atoms with Crippen molar-refractivity contribution in [3.05, 3.63) is 29.8 Å². The minimum atomic E-state index is -0.403. The van der Waals surface area contributed by atoms with Gasteiger partial charge in [-0.15, -0.1) is 0 Å². The summed E-state index contributed by atoms with van der Waals surface area (Å²) in [6, 6.07) is 7.97. The molecule has 1 amide bonds. The number of aryl methyl sites for hydroxylation is 1. The fourth-order valence-electron chi connectivity index (χ4n) is 3.18. The number of hydrogen-bond donors (Lipinski definition) is 1. The van der Waals surface area contributed by atoms with E-state index in [1.165, 1.54) is 0 Å². The number of likely N-dealkylation sites (N-methyl/N-ethyl adjacent to an activating group) is 1. The number of ether oxygens (including phenoxy) is 1. The molecule has 1 aliphatic rings. The van der Waals surface area contributed by atoms with E-state index in [0.29, 0.717) is 32.4 Å². The van der Waals surface area contributed by atoms with Crippen LogP contribution in [0.1, 0.15) is 25.3 Å². The first kappa shape index (κ1) is 17.8. The molecular formula is C18H28N2O3. The van der Waals surface area contributed by atoms with Crippen LogP contribution in [0.3, 0.4) is 0 Å². The molecule has 128 valence electrons. The SMILES string of the molecule is CCOc1ccccc1CCC(=O)N1C[C@H](O)C[C@@H]1CN(C)C. The van der Waals surface area contributed by atoms with Crippen molar-refractivity contribution in [2.45, 2.75) is 38.3 Å². The van der Waals surface area contributed by atoms with E-state index in [1.807, 2.05) is 50.2 Å². The maximum atomic E-state index is 12.6. The number of benzene rings is 1. The summed E-state index contributed by atoms with van der Waals surface area (Å²) in [7, 11) is 3.98. The zero-order valence-electron chi connectivity index (χ0n) is 14.4. The first-order chi connectivity index (χ1) is 11.0. The molecule has 2 rings (SSSR count). The second kappa shape index (κ2) is 8.31. The molecule has 1 aromatic rings. The van der Waals surface area contributed by atoms with Crippen LogP contribution in [0.2, 0.25) is 0 Å². The Morgan fingerprint density at radius 2 is 2.13 bits per heavy atom. The highest BCUT2D eigenvalue weighted by Gasteiger charge is 2.34. The summed E-state index contributed by atoms with van der Waals surface area (Å²) in [5, 5.41) is 9.90. The number of aliphatic hydroxyl groups excluding tert-OH is 1. The van der Waals surface area contributed by atoms with Crippen LogP contribution in [-0.2, 0) is 11.2 Å². The fraction of sp³-hybridized carbons (Fsp3) is 0.611. The molecule has 5 nitrogen and oxygen atoms in total. The molecule has 2 atom stereocenters. The van der Waals surface area contributed by atoms with E-state index < -0.39 is 6.10 Å². The van der Waals surface area contributed by atoms with Gasteiger partial charge in [0.05, 0.1) is 12.7 Å². The standard InChI is InChI=1S/C18H28N2O3/c1-4-23-17-8-6-5-7-14(17)9-10-18(22)20-13-16(21)11-15(20)12-19(2)3/h5-8,15-16,21H,4,9-13H2,1-3H3/t15-,16-/m1/s1. The van der Waals surface area contributed by atoms with Crippen LogP contribution in [0.25, 0.3) is 0 Å². The number of aliphatic hydroxyl groups is 1. The van der Waals surface area contributed by atoms with Crippen molar-refractivity contribution in [3.63, 3.8) is 0 Å². The van der Waals surface area contributed by atoms with Crippen molar-refractivity contribution in [1.29, 1.82) is 0 Å². The largest absolute Gasteiger partial charge is 0.494 e. The number of carbonyl (C=O) groups excluding carboxylic acids is 1. The Labute approximate surface area is 138 Å². The summed E-state index contributed by atoms with van der Waals surface area (Å²) in [5.74, 6) is 0.966. The monoisotopic (exact) mass is 320 g/mol. The maximum Gasteiger partial charge on any atom is 0.223 e. The second-order valence-corrected chi connectivity index (χ2v) is 6.39. The highest BCUT2D eigenvalue weighted by molar-refractivity contribution is 5.77. The van der Waals surface area contributed by atoms with Crippen molar-refractivity contribution in [1.82, 2.24) is 9.80 Å². The second-order valence-electron chi connectivity index (χ2n) is 6.39. The van der Waals surface area contributed by atoms with E-state index in [9.17, 15) is 9.90 Å². The van der Waals surface area contributed by atoms with E-state index in [1.54, 1.807) is 0 Å². The normalized spacial score (nSPS) is 21.0. The molecule has 1 saturated heterocycles. The third kappa shape index (κ3) is 4.94. The third-order valence-electron chi connectivity index (χ3n) is 4.17. The van der Waals surface area contributed by atoms with E-state index >= 15 is 0 Å². The number of rotatable bonds is 7. The van der Waals surface area contributed by atoms with Crippen LogP contribution in [0.4, 0.5) is 0 Å². The summed E-state index contributed by atoms with van der Waals surface area (Å²) >= 11 is 0. The summed E-state index contributed by atoms with van der Waals surface area (Å²) in [6.07, 6.45) is 1.37. The van der Waals surface area contributed by atoms with Crippen molar-refractivity contribution in [3.8, 4) is 5.75 Å². The van der Waals surface area contributed by atoms with Gasteiger partial charge in [-0.05, 0) is 45.5 Å². The van der Waals surface area contributed by atoms with Crippen molar-refractivity contribution >= 4 is 5.91 Å². The molecule has 0 bridgehead atoms. The van der Waals surface area contributed by atoms with Gasteiger partial charge in [0, 0.05) is 25.6 Å². The number of nitrogens with zero attached hydrogens (tertiary/aromatic N) is 2. The van der Waals surface area contributed by atoms with Gasteiger partial charge in [0.2, 0.25) is 5.91 Å². The van der Waals surface area contributed by atoms with Gasteiger partial charge in [-0.3, -0.25) is 4.79 Å². The zero-order valence-corrected chi connectivity index (χ0v) is 14.4. The Morgan fingerprint density at radius 1 is 1.39 bits per heavy atom. The van der Waals surface area contributed by atoms with Gasteiger partial charge in [0.1, 0.15) is 5.75 Å². The molecular weight excluding hydrogens is 292 g/mol. The molecule has 23 heavy (non-hydrogen) atoms. The Hall–Kier alpha value is -1.59. The number of para-hydroxylation sites is 1. The fourth-order valence-corrected chi connectivity index (χ4v) is 3.18. The molecule has 1 heterocycles. The van der Waals surface area contributed by atoms with Crippen molar-refractivity contribution in [2.24, 2.45) is 0 Å². The van der Waals surface area contributed by atoms with Crippen LogP contribution in [0.5, 0.6) is 5.75 Å². The number of carbonyl (C=O) groups is 1. The number of hydrogen-bond acceptors (Lipinski definition) is 4. The molecule has 0 spiro atoms. The van der Waals surface area contributed by atoms with Gasteiger partial charge in [-0.2, -0.15) is 0 Å². The summed E-state index contributed by atoms with van der Waals surface area (Å²) in [4.78, 5) is 16.5. The number of β-amino-alcohol motifs (C(OH)–C–C–N with tert-alkyl or cyclic N) is 1. The quantitative estimate of drug-likeness (QED) is 0.828. The van der Waals surface area contributed by atoms with Crippen LogP contribution in [0, 0.1) is 0 Å². The van der Waals surface area contributed by atoms with Crippen LogP contribution < -0.4 is 4.74 Å². The predicted molar refractivity (Wildman–Crippen MR) is 90.6 cm³/mol. The lowest BCUT2D eigenvalue weighted by molar-refractivity contribution is -0.132. The lowest BCUT2D eigenvalue weighted by Gasteiger charge is -2.27. The van der Waals surface area contributed by atoms with Crippen LogP contribution >= 0.6 is 0 Å². The van der Waals surface area contributed by atoms with Gasteiger partial charge < -0.3 is 19.6 Å². The van der Waals surface area contributed by atoms with Crippen molar-refractivity contribution in [2.75, 3.05) is 33.8 Å². The summed E-state index contributed by atoms with van der Waals surface area (Å²) in [5.41, 5.74) is 1.06. The maximum absolute atomic E-state index is 12.6. The Bertz CT molecular complexity index is 519. The summed E-state index contributed by atoms with van der Waals surface area (Å²) in [6.45, 7) is 3.82. The third-order valence-corrected chi connectivity index (χ3v) is 4.17. The molecule has 1 aromatic carbocycles. The number of amides is 1. The Morgan fingerprint density at radius 3 is 2.83 bits per heavy atom. The van der Waals surface area contributed by atoms with Crippen LogP contribution in [-0.4, -0.2) is 66.8 Å². The van der Waals surface area contributed by atoms with Gasteiger partial charge in [0.15, 0.2) is 0 Å². The zero-order chi connectivity index (χ0) is 16.8. The smallest absolute Gasteiger partial charge is 0.223 e. The van der Waals surface area contributed by atoms with Crippen molar-refractivity contribution < 1.29 is 14.6 Å². The first-order valence-electron chi connectivity index (χ1n) is 8.34. The molecule has 5 heteroatoms. The van der Waals surface area contributed by atoms with Gasteiger partial charge in [0.25, 0.3) is 0 Å². The van der Waals surface area contributed by atoms with E-state index in [2.05, 4.69) is 4.90 Å². The van der Waals surface area contributed by atoms with E-state index in [4.69, 9.17) is 4.74 Å². The lowest BCUT2D eigenvalue weighted by Crippen LogP contribution is -2.41. The minimum Gasteiger partial charge on any atom is -0.494 e. The highest BCUT2D eigenvalue weighted by atomic mass is 16.5. The molecule has 0 unspecified atom stereocenters. The van der Waals surface area contributed by atoms with Gasteiger partial charge in [-0.25, -0.2) is 0 Å². The first-order valence-corrected chi connectivity index (χ1v) is 8.34. The lowest BCUT2D eigenvalue weighted by atomic mass is 10.1. The molecule has 0 saturated carbocycles. The van der Waals surface area contributed by atoms with Gasteiger partial charge >= 0.3 is 0 Å². The average Bonchev–Trinajstić information content (AvgIpc) is 2.86. The molecule has 1 fully saturated rings. The molecule has 0 aromatic heterocycles. The molecule has 1 N–H and O–H groups in total. The minimum absolute atomic E-state index is 0.106. The summed E-state index contributed by atoms with van der Waals surface area (Å²) < 4.78 is 5.61. The average molecular weight is 320 g/mol. The molecule has 1 aliphatic heterocycles. The Balaban J connectivity index is 1.96. The predicted octanol–water partition coefficient (Wildman–Crippen LogP) is 1.54. The topological polar surface area (TPSA) is 53.0 Å². The van der Waals surface area contributed by atoms with E-state index in [-0.39, 0.29) is 11.9 Å². The highest BCUT2D eigenvalue weighted by Crippen LogP contribution is 2.23.